The van der Waals surface area contributed by atoms with Crippen LogP contribution in [0.3, 0.4) is 0 Å². The van der Waals surface area contributed by atoms with Crippen LogP contribution in [0.15, 0.2) is 78.9 Å². The Bertz CT molecular complexity index is 1140. The second-order valence-electron chi connectivity index (χ2n) is 7.06. The van der Waals surface area contributed by atoms with Crippen LogP contribution >= 0.6 is 0 Å². The van der Waals surface area contributed by atoms with Crippen molar-refractivity contribution in [2.24, 2.45) is 0 Å². The topological polar surface area (TPSA) is 97.0 Å². The van der Waals surface area contributed by atoms with Crippen LogP contribution in [0.1, 0.15) is 21.5 Å². The van der Waals surface area contributed by atoms with Gasteiger partial charge in [-0.25, -0.2) is 4.79 Å². The third-order valence-electron chi connectivity index (χ3n) is 5.28. The molecule has 1 saturated heterocycles. The summed E-state index contributed by atoms with van der Waals surface area (Å²) in [4.78, 5) is 39.2. The van der Waals surface area contributed by atoms with E-state index in [1.165, 1.54) is 12.1 Å². The molecule has 0 bridgehead atoms. The van der Waals surface area contributed by atoms with Crippen LogP contribution < -0.4 is 20.2 Å². The minimum absolute atomic E-state index is 0.0735. The number of fused-ring (bicyclic) bond motifs is 1. The summed E-state index contributed by atoms with van der Waals surface area (Å²) in [5.41, 5.74) is 2.35. The number of ether oxygens (including phenoxy) is 2. The molecule has 154 valence electrons. The number of nitrogens with zero attached hydrogens (tertiary/aromatic N) is 1. The zero-order valence-corrected chi connectivity index (χ0v) is 16.2. The lowest BCUT2D eigenvalue weighted by Crippen LogP contribution is -2.49. The van der Waals surface area contributed by atoms with E-state index in [1.54, 1.807) is 54.6 Å². The number of urea groups is 1. The molecule has 0 saturated carbocycles. The van der Waals surface area contributed by atoms with Gasteiger partial charge in [-0.2, -0.15) is 5.01 Å². The van der Waals surface area contributed by atoms with Crippen molar-refractivity contribution in [2.45, 2.75) is 5.54 Å². The summed E-state index contributed by atoms with van der Waals surface area (Å²) in [6.07, 6.45) is 0. The molecular weight excluding hydrogens is 398 g/mol. The first-order valence-electron chi connectivity index (χ1n) is 9.58. The minimum atomic E-state index is -1.46. The number of carbonyl (C=O) groups excluding carboxylic acids is 3. The first-order valence-corrected chi connectivity index (χ1v) is 9.58. The van der Waals surface area contributed by atoms with Crippen molar-refractivity contribution in [1.29, 1.82) is 0 Å². The lowest BCUT2D eigenvalue weighted by atomic mass is 9.83. The first kappa shape index (κ1) is 18.7. The Labute approximate surface area is 177 Å². The second kappa shape index (κ2) is 7.17. The fraction of sp³-hybridized carbons (Fsp3) is 0.0870. The van der Waals surface area contributed by atoms with E-state index in [2.05, 4.69) is 10.7 Å². The maximum atomic E-state index is 13.6. The average Bonchev–Trinajstić information content (AvgIpc) is 3.38. The highest BCUT2D eigenvalue weighted by molar-refractivity contribution is 6.11. The smallest absolute Gasteiger partial charge is 0.344 e. The van der Waals surface area contributed by atoms with Gasteiger partial charge in [-0.05, 0) is 29.3 Å². The number of rotatable bonds is 4. The van der Waals surface area contributed by atoms with Crippen LogP contribution in [0.25, 0.3) is 0 Å². The summed E-state index contributed by atoms with van der Waals surface area (Å²) in [6.45, 7) is 0.0735. The van der Waals surface area contributed by atoms with Crippen LogP contribution in [0.5, 0.6) is 11.5 Å². The Balaban J connectivity index is 1.49. The normalized spacial score (nSPS) is 16.2. The molecule has 2 heterocycles. The molecule has 0 radical (unpaired) electrons. The van der Waals surface area contributed by atoms with Gasteiger partial charge in [0.05, 0.1) is 0 Å². The number of benzene rings is 3. The number of hydrazine groups is 1. The highest BCUT2D eigenvalue weighted by atomic mass is 16.7. The third-order valence-corrected chi connectivity index (χ3v) is 5.28. The predicted molar refractivity (Wildman–Crippen MR) is 109 cm³/mol. The molecule has 4 amide bonds. The number of hydrogen-bond donors (Lipinski definition) is 2. The predicted octanol–water partition coefficient (Wildman–Crippen LogP) is 2.56. The Morgan fingerprint density at radius 3 is 2.13 bits per heavy atom. The van der Waals surface area contributed by atoms with Gasteiger partial charge in [0.1, 0.15) is 0 Å². The standard InChI is InChI=1S/C23H17N3O5/c27-20(15-11-12-18-19(13-15)31-14-30-18)25-26-21(28)23(24-22(26)29,16-7-3-1-4-8-16)17-9-5-2-6-10-17/h1-13H,14H2,(H,24,29)(H,25,27). The number of amides is 4. The molecule has 5 rings (SSSR count). The van der Waals surface area contributed by atoms with Crippen molar-refractivity contribution in [3.63, 3.8) is 0 Å². The number of nitrogens with one attached hydrogen (secondary N) is 2. The monoisotopic (exact) mass is 415 g/mol. The van der Waals surface area contributed by atoms with Crippen LogP contribution in [0.4, 0.5) is 4.79 Å². The Morgan fingerprint density at radius 1 is 0.871 bits per heavy atom. The van der Waals surface area contributed by atoms with Crippen molar-refractivity contribution in [3.8, 4) is 11.5 Å². The van der Waals surface area contributed by atoms with E-state index in [9.17, 15) is 14.4 Å². The van der Waals surface area contributed by atoms with Crippen LogP contribution in [0.2, 0.25) is 0 Å². The largest absolute Gasteiger partial charge is 0.454 e. The van der Waals surface area contributed by atoms with Crippen LogP contribution in [0, 0.1) is 0 Å². The number of carbonyl (C=O) groups is 3. The second-order valence-corrected chi connectivity index (χ2v) is 7.06. The number of hydrogen-bond acceptors (Lipinski definition) is 5. The van der Waals surface area contributed by atoms with Gasteiger partial charge < -0.3 is 14.8 Å². The summed E-state index contributed by atoms with van der Waals surface area (Å²) < 4.78 is 10.5. The summed E-state index contributed by atoms with van der Waals surface area (Å²) >= 11 is 0. The summed E-state index contributed by atoms with van der Waals surface area (Å²) in [5, 5.41) is 3.49. The molecule has 0 unspecified atom stereocenters. The van der Waals surface area contributed by atoms with E-state index in [1.807, 2.05) is 12.1 Å². The Hall–Kier alpha value is -4.33. The lowest BCUT2D eigenvalue weighted by Gasteiger charge is -2.27. The van der Waals surface area contributed by atoms with Crippen molar-refractivity contribution in [3.05, 3.63) is 95.6 Å². The Morgan fingerprint density at radius 2 is 1.48 bits per heavy atom. The van der Waals surface area contributed by atoms with E-state index >= 15 is 0 Å². The molecule has 0 aliphatic carbocycles. The third kappa shape index (κ3) is 2.96. The Kier molecular flexibility index (Phi) is 4.32. The maximum absolute atomic E-state index is 13.6. The number of imide groups is 1. The minimum Gasteiger partial charge on any atom is -0.454 e. The lowest BCUT2D eigenvalue weighted by molar-refractivity contribution is -0.131. The summed E-state index contributed by atoms with van der Waals surface area (Å²) in [6, 6.07) is 21.7. The van der Waals surface area contributed by atoms with Gasteiger partial charge in [0.25, 0.3) is 11.8 Å². The van der Waals surface area contributed by atoms with E-state index < -0.39 is 23.4 Å². The summed E-state index contributed by atoms with van der Waals surface area (Å²) in [7, 11) is 0. The SMILES string of the molecule is O=C(NN1C(=O)NC(c2ccccc2)(c2ccccc2)C1=O)c1ccc2c(c1)OCO2. The zero-order valence-electron chi connectivity index (χ0n) is 16.2. The van der Waals surface area contributed by atoms with Crippen molar-refractivity contribution in [1.82, 2.24) is 15.8 Å². The van der Waals surface area contributed by atoms with E-state index in [4.69, 9.17) is 9.47 Å². The molecule has 0 aromatic heterocycles. The van der Waals surface area contributed by atoms with Gasteiger partial charge in [0.2, 0.25) is 6.79 Å². The molecular formula is C23H17N3O5. The van der Waals surface area contributed by atoms with Gasteiger partial charge in [-0.1, -0.05) is 60.7 Å². The zero-order chi connectivity index (χ0) is 21.4. The molecule has 8 heteroatoms. The quantitative estimate of drug-likeness (QED) is 0.639. The molecule has 31 heavy (non-hydrogen) atoms. The van der Waals surface area contributed by atoms with Crippen LogP contribution in [-0.4, -0.2) is 29.6 Å². The van der Waals surface area contributed by atoms with E-state index in [-0.39, 0.29) is 12.4 Å². The van der Waals surface area contributed by atoms with Gasteiger partial charge in [-0.3, -0.25) is 15.0 Å². The molecule has 2 aliphatic heterocycles. The van der Waals surface area contributed by atoms with E-state index in [0.29, 0.717) is 27.6 Å². The van der Waals surface area contributed by atoms with E-state index in [0.717, 1.165) is 0 Å². The maximum Gasteiger partial charge on any atom is 0.344 e. The molecule has 8 nitrogen and oxygen atoms in total. The molecule has 0 spiro atoms. The molecule has 2 aliphatic rings. The van der Waals surface area contributed by atoms with Gasteiger partial charge in [-0.15, -0.1) is 0 Å². The molecule has 3 aromatic rings. The molecule has 0 atom stereocenters. The molecule has 1 fully saturated rings. The average molecular weight is 415 g/mol. The molecule has 2 N–H and O–H groups in total. The summed E-state index contributed by atoms with van der Waals surface area (Å²) in [5.74, 6) is -0.283. The van der Waals surface area contributed by atoms with Crippen molar-refractivity contribution in [2.75, 3.05) is 6.79 Å². The van der Waals surface area contributed by atoms with Crippen molar-refractivity contribution >= 4 is 17.8 Å². The molecule has 3 aromatic carbocycles. The van der Waals surface area contributed by atoms with Gasteiger partial charge in [0, 0.05) is 5.56 Å². The fourth-order valence-corrected chi connectivity index (χ4v) is 3.77. The van der Waals surface area contributed by atoms with Crippen molar-refractivity contribution < 1.29 is 23.9 Å². The first-order chi connectivity index (χ1) is 15.1. The van der Waals surface area contributed by atoms with Gasteiger partial charge in [0.15, 0.2) is 17.0 Å². The van der Waals surface area contributed by atoms with Gasteiger partial charge >= 0.3 is 6.03 Å². The van der Waals surface area contributed by atoms with Crippen LogP contribution in [-0.2, 0) is 10.3 Å². The highest BCUT2D eigenvalue weighted by Gasteiger charge is 2.54. The fourth-order valence-electron chi connectivity index (χ4n) is 3.77. The highest BCUT2D eigenvalue weighted by Crippen LogP contribution is 2.36.